The summed E-state index contributed by atoms with van der Waals surface area (Å²) in [6.45, 7) is 0.0603. The second kappa shape index (κ2) is 6.12. The molecule has 0 fully saturated rings. The van der Waals surface area contributed by atoms with Crippen molar-refractivity contribution in [3.63, 3.8) is 0 Å². The Balaban J connectivity index is 2.77. The lowest BCUT2D eigenvalue weighted by Crippen LogP contribution is -2.23. The van der Waals surface area contributed by atoms with Crippen molar-refractivity contribution in [1.82, 2.24) is 5.32 Å². The number of alkyl halides is 2. The van der Waals surface area contributed by atoms with E-state index in [-0.39, 0.29) is 31.5 Å². The van der Waals surface area contributed by atoms with E-state index in [0.717, 1.165) is 6.21 Å². The molecule has 0 aromatic heterocycles. The van der Waals surface area contributed by atoms with E-state index in [9.17, 15) is 13.6 Å². The fourth-order valence-electron chi connectivity index (χ4n) is 1.24. The van der Waals surface area contributed by atoms with Crippen molar-refractivity contribution < 1.29 is 18.7 Å². The molecule has 0 aromatic carbocycles. The van der Waals surface area contributed by atoms with Gasteiger partial charge in [-0.2, -0.15) is 0 Å². The van der Waals surface area contributed by atoms with Crippen molar-refractivity contribution in [2.45, 2.75) is 18.8 Å². The second-order valence-electron chi connectivity index (χ2n) is 3.63. The molecule has 0 saturated heterocycles. The van der Waals surface area contributed by atoms with Gasteiger partial charge in [-0.15, -0.1) is 0 Å². The van der Waals surface area contributed by atoms with E-state index in [4.69, 9.17) is 5.11 Å². The maximum Gasteiger partial charge on any atom is 0.337 e. The monoisotopic (exact) mass is 244 g/mol. The van der Waals surface area contributed by atoms with Gasteiger partial charge in [0.25, 0.3) is 5.92 Å². The Bertz CT molecular complexity index is 362. The number of aliphatic carboxylic acids is 1. The molecule has 1 aliphatic rings. The van der Waals surface area contributed by atoms with E-state index in [2.05, 4.69) is 10.3 Å². The Hall–Kier alpha value is -1.72. The summed E-state index contributed by atoms with van der Waals surface area (Å²) in [6, 6.07) is 0. The lowest BCUT2D eigenvalue weighted by Gasteiger charge is -2.15. The molecule has 0 spiro atoms. The van der Waals surface area contributed by atoms with E-state index in [0.29, 0.717) is 0 Å². The van der Waals surface area contributed by atoms with Gasteiger partial charge in [-0.25, -0.2) is 13.6 Å². The van der Waals surface area contributed by atoms with Crippen LogP contribution < -0.4 is 5.32 Å². The fourth-order valence-corrected chi connectivity index (χ4v) is 1.24. The third-order valence-electron chi connectivity index (χ3n) is 2.21. The minimum absolute atomic E-state index is 0.0352. The smallest absolute Gasteiger partial charge is 0.337 e. The molecule has 0 aliphatic carbocycles. The van der Waals surface area contributed by atoms with Crippen LogP contribution in [0.1, 0.15) is 12.8 Å². The van der Waals surface area contributed by atoms with Gasteiger partial charge in [-0.3, -0.25) is 4.99 Å². The molecular formula is C11H14F2N2O2. The molecule has 17 heavy (non-hydrogen) atoms. The largest absolute Gasteiger partial charge is 0.478 e. The average molecular weight is 244 g/mol. The van der Waals surface area contributed by atoms with Crippen molar-refractivity contribution >= 4 is 12.2 Å². The molecule has 0 saturated carbocycles. The van der Waals surface area contributed by atoms with Gasteiger partial charge in [0.05, 0.1) is 5.57 Å². The maximum absolute atomic E-state index is 13.2. The van der Waals surface area contributed by atoms with Gasteiger partial charge in [0.2, 0.25) is 0 Å². The Morgan fingerprint density at radius 1 is 1.47 bits per heavy atom. The summed E-state index contributed by atoms with van der Waals surface area (Å²) in [7, 11) is 0. The number of halogens is 2. The van der Waals surface area contributed by atoms with Crippen LogP contribution in [0.3, 0.4) is 0 Å². The number of aliphatic imine (C=N–C) groups is 1. The summed E-state index contributed by atoms with van der Waals surface area (Å²) in [5.41, 5.74) is -0.0352. The van der Waals surface area contributed by atoms with Crippen LogP contribution in [0, 0.1) is 0 Å². The average Bonchev–Trinajstić information content (AvgIpc) is 2.23. The van der Waals surface area contributed by atoms with E-state index in [1.54, 1.807) is 0 Å². The summed E-state index contributed by atoms with van der Waals surface area (Å²) in [5, 5.41) is 11.5. The Labute approximate surface area is 97.7 Å². The number of hydrogen-bond acceptors (Lipinski definition) is 3. The molecule has 0 atom stereocenters. The highest BCUT2D eigenvalue weighted by atomic mass is 19.3. The molecule has 0 aromatic rings. The lowest BCUT2D eigenvalue weighted by molar-refractivity contribution is -0.132. The van der Waals surface area contributed by atoms with E-state index in [1.807, 2.05) is 0 Å². The normalized spacial score (nSPS) is 22.6. The first-order valence-electron chi connectivity index (χ1n) is 5.22. The number of allylic oxidation sites excluding steroid dienone is 2. The van der Waals surface area contributed by atoms with E-state index >= 15 is 0 Å². The van der Waals surface area contributed by atoms with Crippen LogP contribution in [0.25, 0.3) is 0 Å². The highest BCUT2D eigenvalue weighted by molar-refractivity contribution is 6.08. The first-order valence-corrected chi connectivity index (χ1v) is 5.22. The molecule has 1 heterocycles. The topological polar surface area (TPSA) is 61.7 Å². The predicted molar refractivity (Wildman–Crippen MR) is 60.4 cm³/mol. The molecule has 94 valence electrons. The van der Waals surface area contributed by atoms with E-state index in [1.165, 1.54) is 18.4 Å². The summed E-state index contributed by atoms with van der Waals surface area (Å²) >= 11 is 0. The zero-order valence-corrected chi connectivity index (χ0v) is 9.20. The number of carboxylic acids is 1. The number of nitrogens with zero attached hydrogens (tertiary/aromatic N) is 1. The molecule has 0 amide bonds. The number of rotatable bonds is 1. The van der Waals surface area contributed by atoms with Crippen LogP contribution in [0.4, 0.5) is 8.78 Å². The maximum atomic E-state index is 13.2. The minimum Gasteiger partial charge on any atom is -0.478 e. The van der Waals surface area contributed by atoms with Gasteiger partial charge < -0.3 is 10.4 Å². The van der Waals surface area contributed by atoms with Crippen molar-refractivity contribution in [2.24, 2.45) is 4.99 Å². The summed E-state index contributed by atoms with van der Waals surface area (Å²) in [6.07, 6.45) is 4.72. The van der Waals surface area contributed by atoms with Crippen LogP contribution in [0.2, 0.25) is 0 Å². The Morgan fingerprint density at radius 3 is 2.94 bits per heavy atom. The number of carbonyl (C=O) groups is 1. The van der Waals surface area contributed by atoms with Gasteiger partial charge >= 0.3 is 5.97 Å². The molecule has 2 N–H and O–H groups in total. The van der Waals surface area contributed by atoms with Gasteiger partial charge in [-0.05, 0) is 18.4 Å². The van der Waals surface area contributed by atoms with Gasteiger partial charge in [0.15, 0.2) is 0 Å². The third-order valence-corrected chi connectivity index (χ3v) is 2.21. The van der Waals surface area contributed by atoms with Gasteiger partial charge in [0, 0.05) is 32.1 Å². The summed E-state index contributed by atoms with van der Waals surface area (Å²) < 4.78 is 26.4. The Morgan fingerprint density at radius 2 is 2.24 bits per heavy atom. The molecule has 0 bridgehead atoms. The SMILES string of the molecule is O=C(O)C1=C/C=C/NCCC(F)(F)CCN=C1. The van der Waals surface area contributed by atoms with Crippen LogP contribution in [0.5, 0.6) is 0 Å². The number of hydrogen-bond donors (Lipinski definition) is 2. The van der Waals surface area contributed by atoms with Crippen molar-refractivity contribution in [3.8, 4) is 0 Å². The van der Waals surface area contributed by atoms with Crippen LogP contribution in [0.15, 0.2) is 28.9 Å². The van der Waals surface area contributed by atoms with E-state index < -0.39 is 11.9 Å². The van der Waals surface area contributed by atoms with Crippen LogP contribution >= 0.6 is 0 Å². The number of carboxylic acid groups (broad SMARTS) is 1. The lowest BCUT2D eigenvalue weighted by atomic mass is 10.1. The summed E-state index contributed by atoms with van der Waals surface area (Å²) in [5.74, 6) is -3.91. The third kappa shape index (κ3) is 5.24. The Kier molecular flexibility index (Phi) is 4.81. The zero-order valence-electron chi connectivity index (χ0n) is 9.20. The molecule has 0 radical (unpaired) electrons. The van der Waals surface area contributed by atoms with Gasteiger partial charge in [-0.1, -0.05) is 0 Å². The summed E-state index contributed by atoms with van der Waals surface area (Å²) in [4.78, 5) is 14.4. The standard InChI is InChI=1S/C11H14F2N2O2/c12-11(13)3-6-14-5-1-2-9(10(16)17)8-15-7-4-11/h1-2,5,8,14H,3-4,6-7H2,(H,16,17)/b5-1+,9-2?,15-8?. The van der Waals surface area contributed by atoms with Crippen LogP contribution in [-0.2, 0) is 4.79 Å². The minimum atomic E-state index is -2.77. The molecule has 1 aliphatic heterocycles. The molecule has 4 nitrogen and oxygen atoms in total. The molecular weight excluding hydrogens is 230 g/mol. The van der Waals surface area contributed by atoms with Crippen molar-refractivity contribution in [1.29, 1.82) is 0 Å². The van der Waals surface area contributed by atoms with Crippen LogP contribution in [-0.4, -0.2) is 36.3 Å². The second-order valence-corrected chi connectivity index (χ2v) is 3.63. The first kappa shape index (κ1) is 13.3. The first-order chi connectivity index (χ1) is 8.01. The predicted octanol–water partition coefficient (Wildman–Crippen LogP) is 1.60. The molecule has 6 heteroatoms. The zero-order chi connectivity index (χ0) is 12.7. The molecule has 1 rings (SSSR count). The fraction of sp³-hybridized carbons (Fsp3) is 0.455. The van der Waals surface area contributed by atoms with Gasteiger partial charge in [0.1, 0.15) is 0 Å². The van der Waals surface area contributed by atoms with Crippen molar-refractivity contribution in [2.75, 3.05) is 13.1 Å². The number of nitrogens with one attached hydrogen (secondary N) is 1. The quantitative estimate of drug-likeness (QED) is 0.736. The molecule has 0 unspecified atom stereocenters. The highest BCUT2D eigenvalue weighted by Gasteiger charge is 2.27. The van der Waals surface area contributed by atoms with Crippen molar-refractivity contribution in [3.05, 3.63) is 23.9 Å². The highest BCUT2D eigenvalue weighted by Crippen LogP contribution is 2.22.